The molecule has 1 aliphatic carbocycles. The van der Waals surface area contributed by atoms with E-state index in [1.165, 1.54) is 44.5 Å². The second-order valence-corrected chi connectivity index (χ2v) is 11.2. The summed E-state index contributed by atoms with van der Waals surface area (Å²) in [5.41, 5.74) is 9.98. The van der Waals surface area contributed by atoms with Crippen LogP contribution in [0.25, 0.3) is 22.3 Å². The van der Waals surface area contributed by atoms with Crippen molar-refractivity contribution in [1.82, 2.24) is 0 Å². The standard InChI is InChI=1S/C38H44O4/c1-39-35-19-15-27-23-31(35)11-7-5-8-12-33-25-29(17-21-37(33)41-3)30-18-22-38(42-4)34(26-30)14-10-6-9-13-32-24-28(27)16-20-36(32)40-2/h15-26H,5-14H2,1-4H3. The maximum atomic E-state index is 5.75. The highest BCUT2D eigenvalue weighted by Gasteiger charge is 2.13. The Morgan fingerprint density at radius 3 is 0.786 bits per heavy atom. The van der Waals surface area contributed by atoms with Gasteiger partial charge in [-0.15, -0.1) is 0 Å². The lowest BCUT2D eigenvalue weighted by Gasteiger charge is -2.15. The zero-order chi connectivity index (χ0) is 29.3. The summed E-state index contributed by atoms with van der Waals surface area (Å²) < 4.78 is 23.0. The first-order valence-corrected chi connectivity index (χ1v) is 15.3. The third kappa shape index (κ3) is 6.92. The number of ether oxygens (including phenoxy) is 4. The Hall–Kier alpha value is -3.92. The summed E-state index contributed by atoms with van der Waals surface area (Å²) in [4.78, 5) is 0. The molecule has 5 rings (SSSR count). The number of methoxy groups -OCH3 is 4. The molecule has 4 aromatic rings. The van der Waals surface area contributed by atoms with Crippen LogP contribution in [0.5, 0.6) is 23.0 Å². The average Bonchev–Trinajstić information content (AvgIpc) is 3.03. The summed E-state index contributed by atoms with van der Waals surface area (Å²) in [5.74, 6) is 3.87. The molecule has 4 nitrogen and oxygen atoms in total. The smallest absolute Gasteiger partial charge is 0.122 e. The normalized spacial score (nSPS) is 14.2. The van der Waals surface area contributed by atoms with Gasteiger partial charge in [-0.05, 0) is 144 Å². The number of fused-ring (bicyclic) bond motifs is 10. The van der Waals surface area contributed by atoms with Gasteiger partial charge in [-0.2, -0.15) is 0 Å². The summed E-state index contributed by atoms with van der Waals surface area (Å²) in [5, 5.41) is 0. The Labute approximate surface area is 251 Å². The largest absolute Gasteiger partial charge is 0.496 e. The zero-order valence-corrected chi connectivity index (χ0v) is 25.6. The molecule has 0 aromatic heterocycles. The van der Waals surface area contributed by atoms with Crippen LogP contribution < -0.4 is 18.9 Å². The van der Waals surface area contributed by atoms with Crippen LogP contribution in [-0.2, 0) is 25.7 Å². The van der Waals surface area contributed by atoms with Crippen molar-refractivity contribution in [2.45, 2.75) is 64.2 Å². The molecule has 0 fully saturated rings. The maximum Gasteiger partial charge on any atom is 0.122 e. The molecule has 0 saturated heterocycles. The van der Waals surface area contributed by atoms with E-state index in [-0.39, 0.29) is 0 Å². The minimum atomic E-state index is 0.968. The fraction of sp³-hybridized carbons (Fsp3) is 0.368. The highest BCUT2D eigenvalue weighted by atomic mass is 16.5. The van der Waals surface area contributed by atoms with Crippen molar-refractivity contribution in [1.29, 1.82) is 0 Å². The number of rotatable bonds is 4. The van der Waals surface area contributed by atoms with Crippen LogP contribution >= 0.6 is 0 Å². The molecule has 0 heterocycles. The molecule has 220 valence electrons. The molecular formula is C38H44O4. The van der Waals surface area contributed by atoms with Gasteiger partial charge in [0, 0.05) is 0 Å². The fourth-order valence-electron chi connectivity index (χ4n) is 6.23. The SMILES string of the molecule is COc1ccc2cc1CCCCCc1cc(ccc1OC)-c1ccc(OC)c(c1)CCCCCc1cc-2ccc1OC. The van der Waals surface area contributed by atoms with Gasteiger partial charge in [0.15, 0.2) is 0 Å². The van der Waals surface area contributed by atoms with Gasteiger partial charge in [-0.3, -0.25) is 0 Å². The third-order valence-corrected chi connectivity index (χ3v) is 8.57. The predicted octanol–water partition coefficient (Wildman–Crippen LogP) is 9.28. The number of hydrogen-bond donors (Lipinski definition) is 0. The Morgan fingerprint density at radius 2 is 0.571 bits per heavy atom. The van der Waals surface area contributed by atoms with Crippen molar-refractivity contribution >= 4 is 0 Å². The first-order valence-electron chi connectivity index (χ1n) is 15.3. The first-order chi connectivity index (χ1) is 20.6. The van der Waals surface area contributed by atoms with Gasteiger partial charge < -0.3 is 18.9 Å². The summed E-state index contributed by atoms with van der Waals surface area (Å²) >= 11 is 0. The lowest BCUT2D eigenvalue weighted by Crippen LogP contribution is -1.98. The highest BCUT2D eigenvalue weighted by molar-refractivity contribution is 5.69. The van der Waals surface area contributed by atoms with Crippen molar-refractivity contribution in [3.8, 4) is 45.3 Å². The minimum Gasteiger partial charge on any atom is -0.496 e. The number of aryl methyl sites for hydroxylation is 4. The van der Waals surface area contributed by atoms with Crippen LogP contribution in [0, 0.1) is 0 Å². The van der Waals surface area contributed by atoms with Crippen molar-refractivity contribution in [2.75, 3.05) is 28.4 Å². The van der Waals surface area contributed by atoms with Crippen molar-refractivity contribution in [2.24, 2.45) is 0 Å². The molecule has 8 bridgehead atoms. The lowest BCUT2D eigenvalue weighted by atomic mass is 9.94. The predicted molar refractivity (Wildman–Crippen MR) is 172 cm³/mol. The van der Waals surface area contributed by atoms with Crippen LogP contribution in [0.15, 0.2) is 72.8 Å². The molecule has 42 heavy (non-hydrogen) atoms. The molecule has 0 N–H and O–H groups in total. The summed E-state index contributed by atoms with van der Waals surface area (Å²) in [7, 11) is 7.07. The van der Waals surface area contributed by atoms with Gasteiger partial charge in [0.1, 0.15) is 23.0 Å². The molecule has 0 unspecified atom stereocenters. The Balaban J connectivity index is 1.45. The molecule has 0 amide bonds. The van der Waals surface area contributed by atoms with E-state index < -0.39 is 0 Å². The molecule has 0 saturated carbocycles. The molecule has 0 atom stereocenters. The van der Waals surface area contributed by atoms with E-state index >= 15 is 0 Å². The third-order valence-electron chi connectivity index (χ3n) is 8.57. The number of benzene rings is 4. The molecule has 0 aliphatic heterocycles. The topological polar surface area (TPSA) is 36.9 Å². The van der Waals surface area contributed by atoms with Crippen LogP contribution in [0.2, 0.25) is 0 Å². The summed E-state index contributed by atoms with van der Waals surface area (Å²) in [6.45, 7) is 0. The summed E-state index contributed by atoms with van der Waals surface area (Å²) in [6, 6.07) is 26.4. The van der Waals surface area contributed by atoms with E-state index in [2.05, 4.69) is 72.8 Å². The number of hydrogen-bond acceptors (Lipinski definition) is 4. The van der Waals surface area contributed by atoms with Crippen molar-refractivity contribution < 1.29 is 18.9 Å². The van der Waals surface area contributed by atoms with Gasteiger partial charge in [0.25, 0.3) is 0 Å². The van der Waals surface area contributed by atoms with Gasteiger partial charge in [0.2, 0.25) is 0 Å². The average molecular weight is 565 g/mol. The fourth-order valence-corrected chi connectivity index (χ4v) is 6.23. The Morgan fingerprint density at radius 1 is 0.333 bits per heavy atom. The highest BCUT2D eigenvalue weighted by Crippen LogP contribution is 2.34. The molecule has 0 spiro atoms. The van der Waals surface area contributed by atoms with Crippen molar-refractivity contribution in [3.63, 3.8) is 0 Å². The van der Waals surface area contributed by atoms with Crippen molar-refractivity contribution in [3.05, 3.63) is 95.1 Å². The lowest BCUT2D eigenvalue weighted by molar-refractivity contribution is 0.407. The first kappa shape index (κ1) is 29.6. The van der Waals surface area contributed by atoms with E-state index in [1.807, 2.05) is 0 Å². The van der Waals surface area contributed by atoms with Gasteiger partial charge in [0.05, 0.1) is 28.4 Å². The van der Waals surface area contributed by atoms with E-state index in [1.54, 1.807) is 28.4 Å². The maximum absolute atomic E-state index is 5.75. The van der Waals surface area contributed by atoms with E-state index in [9.17, 15) is 0 Å². The van der Waals surface area contributed by atoms with Crippen LogP contribution in [0.4, 0.5) is 0 Å². The summed E-state index contributed by atoms with van der Waals surface area (Å²) in [6.07, 6.45) is 10.7. The second-order valence-electron chi connectivity index (χ2n) is 11.2. The minimum absolute atomic E-state index is 0.968. The van der Waals surface area contributed by atoms with Gasteiger partial charge in [-0.1, -0.05) is 37.1 Å². The quantitative estimate of drug-likeness (QED) is 0.248. The second kappa shape index (κ2) is 14.3. The van der Waals surface area contributed by atoms with Crippen LogP contribution in [0.3, 0.4) is 0 Å². The molecular weight excluding hydrogens is 520 g/mol. The van der Waals surface area contributed by atoms with Gasteiger partial charge in [-0.25, -0.2) is 0 Å². The monoisotopic (exact) mass is 564 g/mol. The van der Waals surface area contributed by atoms with E-state index in [0.29, 0.717) is 0 Å². The molecule has 0 radical (unpaired) electrons. The Bertz CT molecular complexity index is 1260. The molecule has 4 aromatic carbocycles. The Kier molecular flexibility index (Phi) is 10.1. The molecule has 1 aliphatic rings. The van der Waals surface area contributed by atoms with Crippen LogP contribution in [-0.4, -0.2) is 28.4 Å². The van der Waals surface area contributed by atoms with E-state index in [0.717, 1.165) is 87.2 Å². The van der Waals surface area contributed by atoms with Gasteiger partial charge >= 0.3 is 0 Å². The van der Waals surface area contributed by atoms with Crippen LogP contribution in [0.1, 0.15) is 60.8 Å². The zero-order valence-electron chi connectivity index (χ0n) is 25.6. The van der Waals surface area contributed by atoms with E-state index in [4.69, 9.17) is 18.9 Å². The molecule has 4 heteroatoms.